The Balaban J connectivity index is 2.14. The van der Waals surface area contributed by atoms with Gasteiger partial charge in [0.2, 0.25) is 0 Å². The molecule has 1 amide bonds. The molecule has 3 nitrogen and oxygen atoms in total. The van der Waals surface area contributed by atoms with Crippen LogP contribution in [0.15, 0.2) is 24.3 Å². The molecule has 0 saturated carbocycles. The van der Waals surface area contributed by atoms with Gasteiger partial charge in [0.15, 0.2) is 0 Å². The highest BCUT2D eigenvalue weighted by Crippen LogP contribution is 2.17. The molecule has 2 rings (SSSR count). The molecule has 0 aromatic heterocycles. The van der Waals surface area contributed by atoms with E-state index >= 15 is 0 Å². The maximum absolute atomic E-state index is 13.1. The van der Waals surface area contributed by atoms with Crippen molar-refractivity contribution in [3.63, 3.8) is 0 Å². The Bertz CT molecular complexity index is 412. The summed E-state index contributed by atoms with van der Waals surface area (Å²) >= 11 is 0. The summed E-state index contributed by atoms with van der Waals surface area (Å²) < 4.78 is 13.1. The summed E-state index contributed by atoms with van der Waals surface area (Å²) in [6.45, 7) is 3.33. The van der Waals surface area contributed by atoms with Crippen LogP contribution in [0.1, 0.15) is 23.7 Å². The van der Waals surface area contributed by atoms with Crippen molar-refractivity contribution in [2.45, 2.75) is 19.4 Å². The predicted molar refractivity (Wildman–Crippen MR) is 64.1 cm³/mol. The van der Waals surface area contributed by atoms with Crippen molar-refractivity contribution in [3.05, 3.63) is 35.6 Å². The van der Waals surface area contributed by atoms with E-state index in [2.05, 4.69) is 6.92 Å². The number of carbonyl (C=O) groups is 1. The van der Waals surface area contributed by atoms with Crippen LogP contribution in [0.2, 0.25) is 0 Å². The van der Waals surface area contributed by atoms with Crippen LogP contribution in [-0.2, 0) is 0 Å². The van der Waals surface area contributed by atoms with Gasteiger partial charge in [0, 0.05) is 24.7 Å². The third-order valence-corrected chi connectivity index (χ3v) is 3.05. The van der Waals surface area contributed by atoms with E-state index < -0.39 is 0 Å². The highest BCUT2D eigenvalue weighted by Gasteiger charge is 2.26. The molecule has 2 N–H and O–H groups in total. The average Bonchev–Trinajstić information content (AvgIpc) is 2.26. The summed E-state index contributed by atoms with van der Waals surface area (Å²) in [5, 5.41) is 0. The molecule has 0 bridgehead atoms. The SMILES string of the molecule is CC1CC(N)CN(C(=O)c2cccc(F)c2)C1. The zero-order chi connectivity index (χ0) is 12.4. The third kappa shape index (κ3) is 2.82. The normalized spacial score (nSPS) is 24.8. The average molecular weight is 236 g/mol. The Kier molecular flexibility index (Phi) is 3.43. The number of benzene rings is 1. The van der Waals surface area contributed by atoms with E-state index in [9.17, 15) is 9.18 Å². The Hall–Kier alpha value is -1.42. The summed E-state index contributed by atoms with van der Waals surface area (Å²) in [4.78, 5) is 13.9. The number of piperidine rings is 1. The number of likely N-dealkylation sites (tertiary alicyclic amines) is 1. The molecule has 0 spiro atoms. The Labute approximate surface area is 100 Å². The molecule has 1 aromatic rings. The number of amides is 1. The van der Waals surface area contributed by atoms with Gasteiger partial charge in [-0.15, -0.1) is 0 Å². The summed E-state index contributed by atoms with van der Waals surface area (Å²) in [6.07, 6.45) is 0.937. The minimum Gasteiger partial charge on any atom is -0.337 e. The number of rotatable bonds is 1. The van der Waals surface area contributed by atoms with Crippen LogP contribution in [-0.4, -0.2) is 29.9 Å². The van der Waals surface area contributed by atoms with Crippen molar-refractivity contribution in [3.8, 4) is 0 Å². The van der Waals surface area contributed by atoms with Crippen molar-refractivity contribution in [1.82, 2.24) is 4.90 Å². The number of hydrogen-bond donors (Lipinski definition) is 1. The molecule has 1 fully saturated rings. The highest BCUT2D eigenvalue weighted by atomic mass is 19.1. The zero-order valence-corrected chi connectivity index (χ0v) is 9.90. The van der Waals surface area contributed by atoms with Gasteiger partial charge in [0.05, 0.1) is 0 Å². The number of nitrogens with zero attached hydrogens (tertiary/aromatic N) is 1. The number of hydrogen-bond acceptors (Lipinski definition) is 2. The van der Waals surface area contributed by atoms with Crippen molar-refractivity contribution in [2.24, 2.45) is 11.7 Å². The lowest BCUT2D eigenvalue weighted by atomic mass is 9.96. The van der Waals surface area contributed by atoms with E-state index in [1.165, 1.54) is 12.1 Å². The van der Waals surface area contributed by atoms with E-state index in [0.717, 1.165) is 6.42 Å². The van der Waals surface area contributed by atoms with Crippen LogP contribution in [0, 0.1) is 11.7 Å². The molecule has 0 aliphatic carbocycles. The molecular weight excluding hydrogens is 219 g/mol. The summed E-state index contributed by atoms with van der Waals surface area (Å²) in [7, 11) is 0. The largest absolute Gasteiger partial charge is 0.337 e. The van der Waals surface area contributed by atoms with E-state index in [-0.39, 0.29) is 17.8 Å². The first-order chi connectivity index (χ1) is 8.06. The van der Waals surface area contributed by atoms with Crippen molar-refractivity contribution in [1.29, 1.82) is 0 Å². The van der Waals surface area contributed by atoms with Gasteiger partial charge in [-0.1, -0.05) is 13.0 Å². The van der Waals surface area contributed by atoms with Crippen molar-refractivity contribution in [2.75, 3.05) is 13.1 Å². The molecule has 92 valence electrons. The molecule has 1 heterocycles. The molecule has 1 aromatic carbocycles. The van der Waals surface area contributed by atoms with Gasteiger partial charge in [0.25, 0.3) is 5.91 Å². The van der Waals surface area contributed by atoms with Crippen LogP contribution in [0.4, 0.5) is 4.39 Å². The smallest absolute Gasteiger partial charge is 0.254 e. The zero-order valence-electron chi connectivity index (χ0n) is 9.90. The maximum atomic E-state index is 13.1. The first kappa shape index (κ1) is 12.0. The second-order valence-corrected chi connectivity index (χ2v) is 4.82. The van der Waals surface area contributed by atoms with Gasteiger partial charge in [-0.25, -0.2) is 4.39 Å². The lowest BCUT2D eigenvalue weighted by Gasteiger charge is -2.34. The second-order valence-electron chi connectivity index (χ2n) is 4.82. The third-order valence-electron chi connectivity index (χ3n) is 3.05. The molecule has 2 atom stereocenters. The molecule has 17 heavy (non-hydrogen) atoms. The predicted octanol–water partition coefficient (Wildman–Crippen LogP) is 1.64. The van der Waals surface area contributed by atoms with Gasteiger partial charge in [-0.05, 0) is 30.5 Å². The Morgan fingerprint density at radius 1 is 1.47 bits per heavy atom. The van der Waals surface area contributed by atoms with E-state index in [1.54, 1.807) is 17.0 Å². The topological polar surface area (TPSA) is 46.3 Å². The van der Waals surface area contributed by atoms with Gasteiger partial charge in [-0.2, -0.15) is 0 Å². The van der Waals surface area contributed by atoms with Gasteiger partial charge in [-0.3, -0.25) is 4.79 Å². The lowest BCUT2D eigenvalue weighted by Crippen LogP contribution is -2.48. The Morgan fingerprint density at radius 3 is 2.88 bits per heavy atom. The molecule has 1 saturated heterocycles. The fraction of sp³-hybridized carbons (Fsp3) is 0.462. The van der Waals surface area contributed by atoms with Crippen molar-refractivity contribution >= 4 is 5.91 Å². The summed E-state index contributed by atoms with van der Waals surface area (Å²) in [6, 6.07) is 5.82. The minimum absolute atomic E-state index is 0.0243. The standard InChI is InChI=1S/C13H17FN2O/c1-9-5-12(15)8-16(7-9)13(17)10-3-2-4-11(14)6-10/h2-4,6,9,12H,5,7-8,15H2,1H3. The number of carbonyl (C=O) groups excluding carboxylic acids is 1. The lowest BCUT2D eigenvalue weighted by molar-refractivity contribution is 0.0660. The van der Waals surface area contributed by atoms with Gasteiger partial charge < -0.3 is 10.6 Å². The number of halogens is 1. The van der Waals surface area contributed by atoms with Crippen LogP contribution in [0.25, 0.3) is 0 Å². The monoisotopic (exact) mass is 236 g/mol. The molecule has 0 radical (unpaired) electrons. The molecule has 1 aliphatic rings. The van der Waals surface area contributed by atoms with Crippen LogP contribution >= 0.6 is 0 Å². The fourth-order valence-corrected chi connectivity index (χ4v) is 2.37. The molecule has 2 unspecified atom stereocenters. The minimum atomic E-state index is -0.384. The van der Waals surface area contributed by atoms with E-state index in [0.29, 0.717) is 24.6 Å². The second kappa shape index (κ2) is 4.84. The van der Waals surface area contributed by atoms with Gasteiger partial charge in [0.1, 0.15) is 5.82 Å². The first-order valence-electron chi connectivity index (χ1n) is 5.86. The van der Waals surface area contributed by atoms with Crippen LogP contribution in [0.3, 0.4) is 0 Å². The van der Waals surface area contributed by atoms with Crippen LogP contribution in [0.5, 0.6) is 0 Å². The highest BCUT2D eigenvalue weighted by molar-refractivity contribution is 5.94. The maximum Gasteiger partial charge on any atom is 0.254 e. The van der Waals surface area contributed by atoms with Crippen molar-refractivity contribution < 1.29 is 9.18 Å². The van der Waals surface area contributed by atoms with E-state index in [1.807, 2.05) is 0 Å². The Morgan fingerprint density at radius 2 is 2.24 bits per heavy atom. The summed E-state index contributed by atoms with van der Waals surface area (Å²) in [5.41, 5.74) is 6.29. The summed E-state index contributed by atoms with van der Waals surface area (Å²) in [5.74, 6) is -0.118. The van der Waals surface area contributed by atoms with Crippen LogP contribution < -0.4 is 5.73 Å². The molecular formula is C13H17FN2O. The van der Waals surface area contributed by atoms with E-state index in [4.69, 9.17) is 5.73 Å². The van der Waals surface area contributed by atoms with Gasteiger partial charge >= 0.3 is 0 Å². The fourth-order valence-electron chi connectivity index (χ4n) is 2.37. The quantitative estimate of drug-likeness (QED) is 0.805. The number of nitrogens with two attached hydrogens (primary N) is 1. The molecule has 1 aliphatic heterocycles. The first-order valence-corrected chi connectivity index (χ1v) is 5.86. The molecule has 4 heteroatoms.